The van der Waals surface area contributed by atoms with Crippen molar-refractivity contribution in [2.24, 2.45) is 5.41 Å². The van der Waals surface area contributed by atoms with Crippen LogP contribution in [0.15, 0.2) is 0 Å². The van der Waals surface area contributed by atoms with Crippen LogP contribution in [-0.4, -0.2) is 42.9 Å². The summed E-state index contributed by atoms with van der Waals surface area (Å²) in [5.74, 6) is -0.862. The molecule has 0 bridgehead atoms. The Balaban J connectivity index is 3.87. The highest BCUT2D eigenvalue weighted by Crippen LogP contribution is 2.25. The third-order valence-corrected chi connectivity index (χ3v) is 3.70. The normalized spacial score (nSPS) is 11.5. The maximum absolute atomic E-state index is 11.6. The van der Waals surface area contributed by atoms with Gasteiger partial charge in [-0.15, -0.1) is 0 Å². The first kappa shape index (κ1) is 19.7. The topological polar surface area (TPSA) is 87.7 Å². The van der Waals surface area contributed by atoms with Gasteiger partial charge in [-0.1, -0.05) is 13.8 Å². The molecule has 0 atom stereocenters. The van der Waals surface area contributed by atoms with Gasteiger partial charge >= 0.3 is 12.0 Å². The van der Waals surface area contributed by atoms with Gasteiger partial charge in [0.25, 0.3) is 0 Å². The highest BCUT2D eigenvalue weighted by Gasteiger charge is 2.35. The number of carboxylic acids is 1. The predicted octanol–water partition coefficient (Wildman–Crippen LogP) is 2.38. The third-order valence-electron chi connectivity index (χ3n) is 3.70. The second kappa shape index (κ2) is 10.4. The van der Waals surface area contributed by atoms with E-state index in [-0.39, 0.29) is 18.7 Å². The van der Waals surface area contributed by atoms with Gasteiger partial charge in [0.1, 0.15) is 0 Å². The van der Waals surface area contributed by atoms with Crippen molar-refractivity contribution in [1.82, 2.24) is 10.6 Å². The Kier molecular flexibility index (Phi) is 9.78. The van der Waals surface area contributed by atoms with Crippen molar-refractivity contribution in [3.63, 3.8) is 0 Å². The molecule has 6 nitrogen and oxygen atoms in total. The van der Waals surface area contributed by atoms with Gasteiger partial charge in [0.2, 0.25) is 0 Å². The molecule has 0 saturated heterocycles. The van der Waals surface area contributed by atoms with E-state index in [2.05, 4.69) is 10.6 Å². The van der Waals surface area contributed by atoms with E-state index in [1.54, 1.807) is 0 Å². The number of rotatable bonds is 11. The first-order valence-corrected chi connectivity index (χ1v) is 7.74. The van der Waals surface area contributed by atoms with Gasteiger partial charge in [-0.3, -0.25) is 4.79 Å². The Morgan fingerprint density at radius 3 is 2.24 bits per heavy atom. The summed E-state index contributed by atoms with van der Waals surface area (Å²) in [5.41, 5.74) is -0.873. The molecule has 0 spiro atoms. The van der Waals surface area contributed by atoms with Crippen LogP contribution in [0.5, 0.6) is 0 Å². The predicted molar refractivity (Wildman–Crippen MR) is 82.4 cm³/mol. The summed E-state index contributed by atoms with van der Waals surface area (Å²) >= 11 is 0. The van der Waals surface area contributed by atoms with Gasteiger partial charge < -0.3 is 20.5 Å². The molecule has 0 aliphatic rings. The van der Waals surface area contributed by atoms with E-state index in [1.807, 2.05) is 27.7 Å². The minimum absolute atomic E-state index is 0.150. The molecule has 124 valence electrons. The molecule has 0 aromatic heterocycles. The van der Waals surface area contributed by atoms with E-state index in [0.29, 0.717) is 26.0 Å². The monoisotopic (exact) mass is 302 g/mol. The van der Waals surface area contributed by atoms with Crippen molar-refractivity contribution in [3.05, 3.63) is 0 Å². The summed E-state index contributed by atoms with van der Waals surface area (Å²) in [6, 6.07) is -0.313. The Hall–Kier alpha value is -1.30. The first-order chi connectivity index (χ1) is 9.88. The molecule has 0 aromatic rings. The van der Waals surface area contributed by atoms with Crippen molar-refractivity contribution in [1.29, 1.82) is 0 Å². The summed E-state index contributed by atoms with van der Waals surface area (Å²) in [4.78, 5) is 22.9. The first-order valence-electron chi connectivity index (χ1n) is 7.74. The van der Waals surface area contributed by atoms with Gasteiger partial charge in [0.05, 0.1) is 11.5 Å². The largest absolute Gasteiger partial charge is 0.481 e. The van der Waals surface area contributed by atoms with Crippen molar-refractivity contribution < 1.29 is 19.4 Å². The lowest BCUT2D eigenvalue weighted by molar-refractivity contribution is -0.149. The number of carbonyl (C=O) groups excluding carboxylic acids is 1. The Labute approximate surface area is 127 Å². The molecule has 21 heavy (non-hydrogen) atoms. The molecule has 3 N–H and O–H groups in total. The van der Waals surface area contributed by atoms with E-state index in [9.17, 15) is 14.7 Å². The van der Waals surface area contributed by atoms with Crippen LogP contribution in [0.3, 0.4) is 0 Å². The molecule has 6 heteroatoms. The number of urea groups is 1. The van der Waals surface area contributed by atoms with Gasteiger partial charge in [0.15, 0.2) is 0 Å². The van der Waals surface area contributed by atoms with E-state index >= 15 is 0 Å². The molecule has 0 aromatic carbocycles. The number of hydrogen-bond donors (Lipinski definition) is 3. The molecule has 0 saturated carbocycles. The molecule has 0 rings (SSSR count). The minimum Gasteiger partial charge on any atom is -0.481 e. The van der Waals surface area contributed by atoms with Gasteiger partial charge in [-0.2, -0.15) is 0 Å². The third kappa shape index (κ3) is 7.90. The smallest absolute Gasteiger partial charge is 0.314 e. The lowest BCUT2D eigenvalue weighted by atomic mass is 9.82. The fourth-order valence-electron chi connectivity index (χ4n) is 1.94. The standard InChI is InChI=1S/C15H30N2O4/c1-5-15(6-2,13(18)19)11-17-14(20)16-9-7-8-10-21-12(3)4/h12H,5-11H2,1-4H3,(H,18,19)(H2,16,17,20). The van der Waals surface area contributed by atoms with Gasteiger partial charge in [-0.05, 0) is 39.5 Å². The number of nitrogens with one attached hydrogen (secondary N) is 2. The maximum Gasteiger partial charge on any atom is 0.314 e. The zero-order valence-electron chi connectivity index (χ0n) is 13.7. The van der Waals surface area contributed by atoms with Crippen LogP contribution in [-0.2, 0) is 9.53 Å². The van der Waals surface area contributed by atoms with Crippen molar-refractivity contribution >= 4 is 12.0 Å². The van der Waals surface area contributed by atoms with Crippen molar-refractivity contribution in [2.75, 3.05) is 19.7 Å². The van der Waals surface area contributed by atoms with E-state index in [1.165, 1.54) is 0 Å². The number of hydrogen-bond acceptors (Lipinski definition) is 3. The van der Waals surface area contributed by atoms with Crippen LogP contribution in [0, 0.1) is 5.41 Å². The number of ether oxygens (including phenoxy) is 1. The van der Waals surface area contributed by atoms with Crippen LogP contribution >= 0.6 is 0 Å². The summed E-state index contributed by atoms with van der Waals surface area (Å²) in [7, 11) is 0. The Morgan fingerprint density at radius 1 is 1.14 bits per heavy atom. The zero-order chi connectivity index (χ0) is 16.3. The molecular formula is C15H30N2O4. The molecule has 0 heterocycles. The van der Waals surface area contributed by atoms with Crippen molar-refractivity contribution in [3.8, 4) is 0 Å². The number of unbranched alkanes of at least 4 members (excludes halogenated alkanes) is 1. The molecule has 0 fully saturated rings. The molecule has 0 unspecified atom stereocenters. The quantitative estimate of drug-likeness (QED) is 0.511. The maximum atomic E-state index is 11.6. The summed E-state index contributed by atoms with van der Waals surface area (Å²) in [5, 5.41) is 14.7. The van der Waals surface area contributed by atoms with Crippen LogP contribution in [0.2, 0.25) is 0 Å². The van der Waals surface area contributed by atoms with E-state index in [0.717, 1.165) is 12.8 Å². The molecule has 0 radical (unpaired) electrons. The van der Waals surface area contributed by atoms with Crippen LogP contribution in [0.1, 0.15) is 53.4 Å². The highest BCUT2D eigenvalue weighted by molar-refractivity contribution is 5.78. The fraction of sp³-hybridized carbons (Fsp3) is 0.867. The number of carboxylic acid groups (broad SMARTS) is 1. The second-order valence-corrected chi connectivity index (χ2v) is 5.53. The van der Waals surface area contributed by atoms with Crippen LogP contribution < -0.4 is 10.6 Å². The van der Waals surface area contributed by atoms with Crippen LogP contribution in [0.25, 0.3) is 0 Å². The Morgan fingerprint density at radius 2 is 1.76 bits per heavy atom. The van der Waals surface area contributed by atoms with E-state index in [4.69, 9.17) is 4.74 Å². The SMILES string of the molecule is CCC(CC)(CNC(=O)NCCCCOC(C)C)C(=O)O. The van der Waals surface area contributed by atoms with Gasteiger partial charge in [-0.25, -0.2) is 4.79 Å². The lowest BCUT2D eigenvalue weighted by Gasteiger charge is -2.26. The fourth-order valence-corrected chi connectivity index (χ4v) is 1.94. The van der Waals surface area contributed by atoms with E-state index < -0.39 is 11.4 Å². The summed E-state index contributed by atoms with van der Waals surface area (Å²) < 4.78 is 5.40. The summed E-state index contributed by atoms with van der Waals surface area (Å²) in [6.45, 7) is 9.03. The zero-order valence-corrected chi connectivity index (χ0v) is 13.7. The number of aliphatic carboxylic acids is 1. The second-order valence-electron chi connectivity index (χ2n) is 5.53. The highest BCUT2D eigenvalue weighted by atomic mass is 16.5. The number of carbonyl (C=O) groups is 2. The molecule has 0 aliphatic carbocycles. The molecule has 2 amide bonds. The summed E-state index contributed by atoms with van der Waals surface area (Å²) in [6.07, 6.45) is 2.94. The minimum atomic E-state index is -0.873. The average Bonchev–Trinajstić information content (AvgIpc) is 2.43. The lowest BCUT2D eigenvalue weighted by Crippen LogP contribution is -2.46. The molecular weight excluding hydrogens is 272 g/mol. The average molecular weight is 302 g/mol. The van der Waals surface area contributed by atoms with Gasteiger partial charge in [0, 0.05) is 19.7 Å². The number of amides is 2. The Bertz CT molecular complexity index is 315. The molecule has 0 aliphatic heterocycles. The van der Waals surface area contributed by atoms with Crippen LogP contribution in [0.4, 0.5) is 4.79 Å². The van der Waals surface area contributed by atoms with Crippen molar-refractivity contribution in [2.45, 2.75) is 59.5 Å².